The lowest BCUT2D eigenvalue weighted by Gasteiger charge is -2.19. The van der Waals surface area contributed by atoms with Crippen molar-refractivity contribution in [2.45, 2.75) is 310 Å². The number of esters is 1. The van der Waals surface area contributed by atoms with Gasteiger partial charge in [0.2, 0.25) is 0 Å². The van der Waals surface area contributed by atoms with E-state index in [-0.39, 0.29) is 23.9 Å². The number of carbonyl (C=O) groups excluding carboxylic acids is 2. The smallest absolute Gasteiger partial charge is 0.302 e. The van der Waals surface area contributed by atoms with Crippen molar-refractivity contribution in [3.63, 3.8) is 0 Å². The summed E-state index contributed by atoms with van der Waals surface area (Å²) in [5, 5.41) is 36.3. The number of aldehydes is 1. The molecule has 2 aliphatic rings. The molecule has 2 unspecified atom stereocenters. The van der Waals surface area contributed by atoms with E-state index in [1.54, 1.807) is 37.1 Å². The maximum absolute atomic E-state index is 10.5. The van der Waals surface area contributed by atoms with Crippen LogP contribution in [0.4, 0.5) is 0 Å². The van der Waals surface area contributed by atoms with Crippen LogP contribution in [0.1, 0.15) is 297 Å². The number of allylic oxidation sites excluding steroid dienone is 12. The molecule has 0 saturated heterocycles. The number of rotatable bonds is 32. The number of ether oxygens (including phenoxy) is 2. The number of carbonyl (C=O) groups is 2. The summed E-state index contributed by atoms with van der Waals surface area (Å²) in [6.07, 6.45) is 41.5. The van der Waals surface area contributed by atoms with Crippen LogP contribution < -0.4 is 4.74 Å². The zero-order valence-corrected chi connectivity index (χ0v) is 66.0. The standard InChI is InChI=1S/C16H26O2.C14H20O.C10H20O.2C10H18O.2C10H16.C8H16O2/c1-3-5-6-14(4-2)13-15-7-9-16(10-8-15)18-12-11-17;1-11(10-15)9-12-5-7-13(8-6-12)14(2,3)4;1-9(2)5-4-6-10(3)7-8-11;2*1-5-10(4,11)8-6-7-9(2)3;2*1-8(2)10-6-4-9(3)5-7-10;1-3-4-5-6-7-10-8(2)9/h7-10,14,17H,3-6,11-13H2,1-2H3;5-8,10-11H,9H2,1-4H3;5,10-11H,4,6-8H2,1-3H3;2*5,7,11H,1,6,8H2,2-4H3;2*4,10H,1,5-7H2,2-3H3;3-7H2,1-2H3/t;;5*10-;/m..01010./s1. The van der Waals surface area contributed by atoms with E-state index in [4.69, 9.17) is 19.7 Å². The van der Waals surface area contributed by atoms with Crippen molar-refractivity contribution < 1.29 is 39.5 Å². The second-order valence-corrected chi connectivity index (χ2v) is 29.5. The fourth-order valence-corrected chi connectivity index (χ4v) is 9.82. The monoisotopic (exact) mass is 1340 g/mol. The molecule has 4 N–H and O–H groups in total. The normalized spacial score (nSPS) is 15.8. The van der Waals surface area contributed by atoms with Gasteiger partial charge in [-0.15, -0.1) is 13.2 Å². The first-order valence-electron chi connectivity index (χ1n) is 36.9. The Bertz CT molecular complexity index is 2380. The van der Waals surface area contributed by atoms with Crippen molar-refractivity contribution in [2.24, 2.45) is 29.6 Å². The number of aliphatic hydroxyl groups excluding tert-OH is 2. The quantitative estimate of drug-likeness (QED) is 0.0246. The molecule has 0 spiro atoms. The van der Waals surface area contributed by atoms with Crippen molar-refractivity contribution in [2.75, 3.05) is 26.4 Å². The van der Waals surface area contributed by atoms with Gasteiger partial charge in [0.1, 0.15) is 18.6 Å². The molecule has 96 heavy (non-hydrogen) atoms. The van der Waals surface area contributed by atoms with Crippen LogP contribution in [0.5, 0.6) is 5.75 Å². The molecule has 0 amide bonds. The van der Waals surface area contributed by atoms with Crippen molar-refractivity contribution in [1.82, 2.24) is 0 Å². The van der Waals surface area contributed by atoms with Gasteiger partial charge in [0.25, 0.3) is 0 Å². The largest absolute Gasteiger partial charge is 0.491 e. The van der Waals surface area contributed by atoms with Crippen LogP contribution in [0.25, 0.3) is 0 Å². The molecule has 2 aromatic carbocycles. The first kappa shape index (κ1) is 97.3. The molecule has 2 aliphatic carbocycles. The van der Waals surface area contributed by atoms with E-state index in [0.717, 1.165) is 87.6 Å². The molecule has 8 nitrogen and oxygen atoms in total. The van der Waals surface area contributed by atoms with Gasteiger partial charge in [0, 0.05) is 19.4 Å². The highest BCUT2D eigenvalue weighted by molar-refractivity contribution is 5.65. The molecule has 0 fully saturated rings. The molecule has 550 valence electrons. The second kappa shape index (κ2) is 59.9. The highest BCUT2D eigenvalue weighted by Gasteiger charge is 2.16. The van der Waals surface area contributed by atoms with Crippen molar-refractivity contribution >= 4 is 12.3 Å². The van der Waals surface area contributed by atoms with Gasteiger partial charge < -0.3 is 34.7 Å². The SMILES string of the molecule is C=C(C)[C@@H]1CC=C(C)CC1.C=C(C)[C@H]1CC=C(C)CC1.C=C[C@@](C)(O)CCC=C(C)C.C=C[C@](C)(O)CCC=C(C)C.CC(C)=CCC[C@H](C)CCO.CC(C=O)Cc1ccc(C(C)(C)C)cc1.CCCCC(CC)Cc1ccc(OCCO)cc1.CCCCCCOC(C)=O. The fourth-order valence-electron chi connectivity index (χ4n) is 9.82. The van der Waals surface area contributed by atoms with Gasteiger partial charge >= 0.3 is 5.97 Å². The summed E-state index contributed by atoms with van der Waals surface area (Å²) in [4.78, 5) is 20.8. The zero-order valence-electron chi connectivity index (χ0n) is 66.0. The summed E-state index contributed by atoms with van der Waals surface area (Å²) in [5.74, 6) is 3.79. The minimum atomic E-state index is -0.702. The Kier molecular flexibility index (Phi) is 60.7. The first-order valence-corrected chi connectivity index (χ1v) is 36.9. The highest BCUT2D eigenvalue weighted by Crippen LogP contribution is 2.29. The molecular weight excluding hydrogens is 1180 g/mol. The van der Waals surface area contributed by atoms with Crippen LogP contribution in [0.2, 0.25) is 0 Å². The van der Waals surface area contributed by atoms with E-state index in [1.807, 2.05) is 19.1 Å². The lowest BCUT2D eigenvalue weighted by Crippen LogP contribution is -2.19. The molecule has 0 heterocycles. The Morgan fingerprint density at radius 2 is 1.04 bits per heavy atom. The van der Waals surface area contributed by atoms with Crippen LogP contribution >= 0.6 is 0 Å². The zero-order chi connectivity index (χ0) is 74.1. The highest BCUT2D eigenvalue weighted by atomic mass is 16.5. The molecule has 0 bridgehead atoms. The summed E-state index contributed by atoms with van der Waals surface area (Å²) < 4.78 is 10.1. The van der Waals surface area contributed by atoms with Crippen LogP contribution in [0.3, 0.4) is 0 Å². The number of benzene rings is 2. The third-order valence-corrected chi connectivity index (χ3v) is 17.1. The number of hydrogen-bond donors (Lipinski definition) is 4. The van der Waals surface area contributed by atoms with E-state index in [1.165, 1.54) is 141 Å². The lowest BCUT2D eigenvalue weighted by molar-refractivity contribution is -0.141. The van der Waals surface area contributed by atoms with Crippen molar-refractivity contribution in [1.29, 1.82) is 0 Å². The minimum Gasteiger partial charge on any atom is -0.491 e. The van der Waals surface area contributed by atoms with E-state index in [2.05, 4.69) is 211 Å². The maximum atomic E-state index is 10.5. The summed E-state index contributed by atoms with van der Waals surface area (Å²) in [7, 11) is 0. The Labute approximate surface area is 593 Å². The molecular formula is C88H150O8. The fraction of sp³-hybridized carbons (Fsp3) is 0.636. The van der Waals surface area contributed by atoms with E-state index < -0.39 is 11.2 Å². The molecule has 0 saturated carbocycles. The van der Waals surface area contributed by atoms with Crippen molar-refractivity contribution in [3.8, 4) is 5.75 Å². The summed E-state index contributed by atoms with van der Waals surface area (Å²) in [5.41, 5.74) is 12.5. The maximum Gasteiger partial charge on any atom is 0.302 e. The van der Waals surface area contributed by atoms with Gasteiger partial charge in [0.15, 0.2) is 0 Å². The number of hydrogen-bond acceptors (Lipinski definition) is 8. The second-order valence-electron chi connectivity index (χ2n) is 29.5. The van der Waals surface area contributed by atoms with E-state index >= 15 is 0 Å². The molecule has 8 heteroatoms. The topological polar surface area (TPSA) is 134 Å². The van der Waals surface area contributed by atoms with Gasteiger partial charge in [-0.1, -0.05) is 231 Å². The van der Waals surface area contributed by atoms with Gasteiger partial charge in [-0.05, 0) is 244 Å². The first-order chi connectivity index (χ1) is 45.0. The van der Waals surface area contributed by atoms with E-state index in [9.17, 15) is 19.8 Å². The molecule has 0 aliphatic heterocycles. The Morgan fingerprint density at radius 1 is 0.594 bits per heavy atom. The van der Waals surface area contributed by atoms with Crippen LogP contribution in [0.15, 0.2) is 156 Å². The molecule has 2 aromatic rings. The summed E-state index contributed by atoms with van der Waals surface area (Å²) in [6.45, 7) is 60.0. The molecule has 0 aromatic heterocycles. The van der Waals surface area contributed by atoms with E-state index in [0.29, 0.717) is 25.7 Å². The third kappa shape index (κ3) is 62.4. The van der Waals surface area contributed by atoms with Crippen molar-refractivity contribution in [3.05, 3.63) is 173 Å². The minimum absolute atomic E-state index is 0.0661. The third-order valence-electron chi connectivity index (χ3n) is 17.1. The Morgan fingerprint density at radius 3 is 1.40 bits per heavy atom. The van der Waals surface area contributed by atoms with Crippen LogP contribution in [0, 0.1) is 29.6 Å². The average molecular weight is 1340 g/mol. The summed E-state index contributed by atoms with van der Waals surface area (Å²) >= 11 is 0. The van der Waals surface area contributed by atoms with Gasteiger partial charge in [-0.2, -0.15) is 0 Å². The molecule has 7 atom stereocenters. The predicted molar refractivity (Wildman–Crippen MR) is 421 cm³/mol. The number of unbranched alkanes of at least 4 members (excludes halogenated alkanes) is 4. The van der Waals surface area contributed by atoms with Gasteiger partial charge in [-0.3, -0.25) is 4.79 Å². The van der Waals surface area contributed by atoms with Crippen LogP contribution in [-0.4, -0.2) is 70.3 Å². The summed E-state index contributed by atoms with van der Waals surface area (Å²) in [6, 6.07) is 16.8. The number of aliphatic hydroxyl groups is 4. The predicted octanol–water partition coefficient (Wildman–Crippen LogP) is 24.0. The average Bonchev–Trinajstić information content (AvgIpc) is 0.949. The van der Waals surface area contributed by atoms with Crippen LogP contribution in [-0.2, 0) is 32.6 Å². The molecule has 0 radical (unpaired) electrons. The Balaban J connectivity index is -0.000000509. The lowest BCUT2D eigenvalue weighted by atomic mass is 9.86. The Hall–Kier alpha value is -5.12. The van der Waals surface area contributed by atoms with Gasteiger partial charge in [0.05, 0.1) is 24.4 Å². The van der Waals surface area contributed by atoms with Gasteiger partial charge in [-0.25, -0.2) is 0 Å². The molecule has 4 rings (SSSR count).